The highest BCUT2D eigenvalue weighted by Crippen LogP contribution is 2.37. The first-order valence-electron chi connectivity index (χ1n) is 16.0. The van der Waals surface area contributed by atoms with Crippen LogP contribution in [0.5, 0.6) is 0 Å². The molecule has 3 heterocycles. The molecule has 224 valence electrons. The minimum atomic E-state index is 0.621. The van der Waals surface area contributed by atoms with Crippen LogP contribution in [0.15, 0.2) is 170 Å². The minimum Gasteiger partial charge on any atom is -0.264 e. The molecule has 0 aliphatic carbocycles. The van der Waals surface area contributed by atoms with Gasteiger partial charge in [-0.1, -0.05) is 109 Å². The first-order chi connectivity index (χ1) is 23.8. The normalized spacial score (nSPS) is 11.3. The average Bonchev–Trinajstić information content (AvgIpc) is 3.18. The van der Waals surface area contributed by atoms with E-state index in [0.717, 1.165) is 33.5 Å². The summed E-state index contributed by atoms with van der Waals surface area (Å²) >= 11 is 0. The molecule has 0 aliphatic heterocycles. The maximum atomic E-state index is 5.12. The molecule has 0 saturated carbocycles. The van der Waals surface area contributed by atoms with Crippen LogP contribution in [0.4, 0.5) is 0 Å². The number of benzene rings is 5. The van der Waals surface area contributed by atoms with Gasteiger partial charge in [-0.05, 0) is 90.3 Å². The summed E-state index contributed by atoms with van der Waals surface area (Å²) in [6, 6.07) is 51.7. The van der Waals surface area contributed by atoms with Crippen molar-refractivity contribution in [3.63, 3.8) is 0 Å². The third-order valence-electron chi connectivity index (χ3n) is 9.08. The predicted molar refractivity (Wildman–Crippen MR) is 199 cm³/mol. The zero-order valence-electron chi connectivity index (χ0n) is 26.0. The van der Waals surface area contributed by atoms with Gasteiger partial charge in [0, 0.05) is 41.5 Å². The van der Waals surface area contributed by atoms with Gasteiger partial charge in [-0.3, -0.25) is 9.97 Å². The van der Waals surface area contributed by atoms with Crippen LogP contribution >= 0.6 is 0 Å². The average molecular weight is 613 g/mol. The third kappa shape index (κ3) is 4.79. The molecule has 4 nitrogen and oxygen atoms in total. The van der Waals surface area contributed by atoms with Gasteiger partial charge in [0.05, 0.1) is 11.4 Å². The van der Waals surface area contributed by atoms with Gasteiger partial charge in [0.25, 0.3) is 0 Å². The van der Waals surface area contributed by atoms with Crippen molar-refractivity contribution in [3.8, 4) is 33.9 Å². The number of aromatic nitrogens is 4. The van der Waals surface area contributed by atoms with Crippen molar-refractivity contribution >= 4 is 53.9 Å². The Morgan fingerprint density at radius 1 is 0.292 bits per heavy atom. The summed E-state index contributed by atoms with van der Waals surface area (Å²) in [7, 11) is 0. The third-order valence-corrected chi connectivity index (χ3v) is 9.08. The Kier molecular flexibility index (Phi) is 6.76. The Morgan fingerprint density at radius 2 is 0.688 bits per heavy atom. The largest absolute Gasteiger partial charge is 0.264 e. The molecule has 0 radical (unpaired) electrons. The number of hydrogen-bond donors (Lipinski definition) is 0. The van der Waals surface area contributed by atoms with Gasteiger partial charge in [0.2, 0.25) is 0 Å². The first-order valence-corrected chi connectivity index (χ1v) is 16.0. The van der Waals surface area contributed by atoms with Crippen LogP contribution in [0, 0.1) is 0 Å². The summed E-state index contributed by atoms with van der Waals surface area (Å²) in [5, 5.41) is 11.9. The molecular formula is C44H28N4. The van der Waals surface area contributed by atoms with E-state index in [0.29, 0.717) is 5.82 Å². The van der Waals surface area contributed by atoms with E-state index in [2.05, 4.69) is 131 Å². The molecule has 9 aromatic rings. The van der Waals surface area contributed by atoms with E-state index in [9.17, 15) is 0 Å². The maximum absolute atomic E-state index is 5.12. The van der Waals surface area contributed by atoms with E-state index >= 15 is 0 Å². The summed E-state index contributed by atoms with van der Waals surface area (Å²) in [4.78, 5) is 18.8. The molecule has 6 aromatic carbocycles. The number of rotatable bonds is 3. The van der Waals surface area contributed by atoms with E-state index in [1.165, 1.54) is 48.5 Å². The Hall–Kier alpha value is -6.52. The molecule has 0 spiro atoms. The molecule has 0 saturated heterocycles. The number of nitrogens with zero attached hydrogens (tertiary/aromatic N) is 4. The van der Waals surface area contributed by atoms with Gasteiger partial charge >= 0.3 is 0 Å². The quantitative estimate of drug-likeness (QED) is 0.199. The molecule has 0 amide bonds. The molecule has 0 aliphatic rings. The smallest absolute Gasteiger partial charge is 0.161 e. The molecule has 3 aromatic heterocycles. The lowest BCUT2D eigenvalue weighted by Crippen LogP contribution is -1.96. The van der Waals surface area contributed by atoms with E-state index in [1.807, 2.05) is 36.7 Å². The van der Waals surface area contributed by atoms with Gasteiger partial charge in [-0.15, -0.1) is 0 Å². The zero-order valence-corrected chi connectivity index (χ0v) is 26.0. The van der Waals surface area contributed by atoms with E-state index in [-0.39, 0.29) is 0 Å². The Bertz CT molecular complexity index is 2590. The molecule has 48 heavy (non-hydrogen) atoms. The van der Waals surface area contributed by atoms with Crippen molar-refractivity contribution in [2.24, 2.45) is 0 Å². The van der Waals surface area contributed by atoms with Crippen LogP contribution in [0.1, 0.15) is 0 Å². The Balaban J connectivity index is 1.45. The van der Waals surface area contributed by atoms with Gasteiger partial charge in [0.15, 0.2) is 5.82 Å². The van der Waals surface area contributed by atoms with E-state index in [4.69, 9.17) is 9.97 Å². The topological polar surface area (TPSA) is 51.6 Å². The van der Waals surface area contributed by atoms with Crippen LogP contribution in [0.25, 0.3) is 87.8 Å². The fourth-order valence-electron chi connectivity index (χ4n) is 6.85. The van der Waals surface area contributed by atoms with Crippen molar-refractivity contribution in [1.29, 1.82) is 0 Å². The summed E-state index contributed by atoms with van der Waals surface area (Å²) in [6.45, 7) is 0. The van der Waals surface area contributed by atoms with E-state index in [1.54, 1.807) is 12.4 Å². The Morgan fingerprint density at radius 3 is 1.12 bits per heavy atom. The van der Waals surface area contributed by atoms with Gasteiger partial charge in [-0.2, -0.15) is 0 Å². The summed E-state index contributed by atoms with van der Waals surface area (Å²) in [5.41, 5.74) is 4.43. The molecule has 4 heteroatoms. The number of hydrogen-bond acceptors (Lipinski definition) is 4. The van der Waals surface area contributed by atoms with Crippen LogP contribution in [-0.4, -0.2) is 19.9 Å². The second-order valence-corrected chi connectivity index (χ2v) is 11.9. The molecule has 0 unspecified atom stereocenters. The van der Waals surface area contributed by atoms with E-state index < -0.39 is 0 Å². The fourth-order valence-corrected chi connectivity index (χ4v) is 6.85. The molecule has 0 bridgehead atoms. The lowest BCUT2D eigenvalue weighted by molar-refractivity contribution is 1.17. The Labute approximate surface area is 277 Å². The van der Waals surface area contributed by atoms with Crippen molar-refractivity contribution in [3.05, 3.63) is 170 Å². The first kappa shape index (κ1) is 27.8. The molecular weight excluding hydrogens is 585 g/mol. The molecule has 0 N–H and O–H groups in total. The second-order valence-electron chi connectivity index (χ2n) is 11.9. The van der Waals surface area contributed by atoms with Gasteiger partial charge < -0.3 is 0 Å². The van der Waals surface area contributed by atoms with Crippen LogP contribution in [0.2, 0.25) is 0 Å². The summed E-state index contributed by atoms with van der Waals surface area (Å²) in [5.74, 6) is 0.621. The van der Waals surface area contributed by atoms with Crippen LogP contribution < -0.4 is 0 Å². The summed E-state index contributed by atoms with van der Waals surface area (Å²) in [6.07, 6.45) is 7.19. The highest BCUT2D eigenvalue weighted by molar-refractivity contribution is 6.26. The minimum absolute atomic E-state index is 0.621. The van der Waals surface area contributed by atoms with Crippen molar-refractivity contribution in [2.45, 2.75) is 0 Å². The lowest BCUT2D eigenvalue weighted by Gasteiger charge is -2.12. The van der Waals surface area contributed by atoms with Crippen molar-refractivity contribution in [1.82, 2.24) is 19.9 Å². The van der Waals surface area contributed by atoms with Crippen molar-refractivity contribution < 1.29 is 0 Å². The monoisotopic (exact) mass is 612 g/mol. The van der Waals surface area contributed by atoms with Crippen molar-refractivity contribution in [2.75, 3.05) is 0 Å². The molecule has 0 fully saturated rings. The second kappa shape index (κ2) is 11.7. The molecule has 0 atom stereocenters. The standard InChI is InChI=1S/C44H28N4/c1-2-15-34-32(13-1)33-14-3-4-16-35(33)37-18-7-8-20-39(37)41-25-29(21-22-40(41)38-19-6-5-17-36(34)38)42-26-43(30-11-9-23-45-27-30)48-44(47-42)31-12-10-24-46-28-31/h1-28H. The maximum Gasteiger partial charge on any atom is 0.161 e. The fraction of sp³-hybridized carbons (Fsp3) is 0. The predicted octanol–water partition coefficient (Wildman–Crippen LogP) is 11.2. The summed E-state index contributed by atoms with van der Waals surface area (Å²) < 4.78 is 0. The highest BCUT2D eigenvalue weighted by Gasteiger charge is 2.13. The lowest BCUT2D eigenvalue weighted by atomic mass is 9.93. The van der Waals surface area contributed by atoms with Crippen LogP contribution in [-0.2, 0) is 0 Å². The SMILES string of the molecule is c1cncc(-c2cc(-c3ccc4c5ccccc5c5ccccc5c5ccccc5c5ccccc5c4c3)nc(-c3cccnc3)n2)c1. The number of fused-ring (bicyclic) bond motifs is 10. The highest BCUT2D eigenvalue weighted by atomic mass is 14.9. The van der Waals surface area contributed by atoms with Gasteiger partial charge in [-0.25, -0.2) is 9.97 Å². The zero-order chi connectivity index (χ0) is 31.9. The van der Waals surface area contributed by atoms with Crippen LogP contribution in [0.3, 0.4) is 0 Å². The van der Waals surface area contributed by atoms with Gasteiger partial charge in [0.1, 0.15) is 0 Å². The molecule has 9 rings (SSSR count). The number of pyridine rings is 2.